The maximum Gasteiger partial charge on any atom is 0.254 e. The highest BCUT2D eigenvalue weighted by Crippen LogP contribution is 2.27. The average Bonchev–Trinajstić information content (AvgIpc) is 3.15. The van der Waals surface area contributed by atoms with E-state index in [-0.39, 0.29) is 5.91 Å². The summed E-state index contributed by atoms with van der Waals surface area (Å²) >= 11 is 0. The molecule has 0 atom stereocenters. The quantitative estimate of drug-likeness (QED) is 0.700. The molecule has 24 heavy (non-hydrogen) atoms. The van der Waals surface area contributed by atoms with Crippen LogP contribution < -0.4 is 0 Å². The van der Waals surface area contributed by atoms with Crippen LogP contribution in [0.25, 0.3) is 22.2 Å². The Morgan fingerprint density at radius 2 is 1.75 bits per heavy atom. The van der Waals surface area contributed by atoms with Crippen LogP contribution in [-0.4, -0.2) is 28.9 Å². The third-order valence-electron chi connectivity index (χ3n) is 4.66. The normalized spacial score (nSPS) is 14.3. The van der Waals surface area contributed by atoms with Gasteiger partial charge in [0.15, 0.2) is 0 Å². The summed E-state index contributed by atoms with van der Waals surface area (Å²) in [5.74, 6) is 0.127. The number of aromatic nitrogens is 1. The fraction of sp³-hybridized carbons (Fsp3) is 0.238. The molecule has 0 unspecified atom stereocenters. The average molecular weight is 316 g/mol. The van der Waals surface area contributed by atoms with Crippen LogP contribution in [0.4, 0.5) is 0 Å². The first-order valence-corrected chi connectivity index (χ1v) is 8.48. The molecule has 0 bridgehead atoms. The summed E-state index contributed by atoms with van der Waals surface area (Å²) in [5.41, 5.74) is 4.69. The van der Waals surface area contributed by atoms with Crippen molar-refractivity contribution >= 4 is 16.8 Å². The van der Waals surface area contributed by atoms with Crippen molar-refractivity contribution in [2.24, 2.45) is 0 Å². The number of pyridine rings is 1. The van der Waals surface area contributed by atoms with Gasteiger partial charge < -0.3 is 4.90 Å². The second kappa shape index (κ2) is 6.08. The number of hydrogen-bond donors (Lipinski definition) is 0. The molecule has 1 aliphatic rings. The summed E-state index contributed by atoms with van der Waals surface area (Å²) in [4.78, 5) is 19.8. The van der Waals surface area contributed by atoms with Gasteiger partial charge in [0.05, 0.1) is 16.8 Å². The molecule has 4 rings (SSSR count). The highest BCUT2D eigenvalue weighted by molar-refractivity contribution is 6.07. The number of aryl methyl sites for hydroxylation is 1. The third kappa shape index (κ3) is 2.67. The Morgan fingerprint density at radius 3 is 2.50 bits per heavy atom. The van der Waals surface area contributed by atoms with Gasteiger partial charge in [0.25, 0.3) is 5.91 Å². The third-order valence-corrected chi connectivity index (χ3v) is 4.66. The molecule has 1 amide bonds. The van der Waals surface area contributed by atoms with E-state index in [2.05, 4.69) is 13.0 Å². The van der Waals surface area contributed by atoms with E-state index >= 15 is 0 Å². The van der Waals surface area contributed by atoms with Gasteiger partial charge in [-0.05, 0) is 38.0 Å². The summed E-state index contributed by atoms with van der Waals surface area (Å²) in [7, 11) is 0. The topological polar surface area (TPSA) is 33.2 Å². The van der Waals surface area contributed by atoms with Crippen LogP contribution in [0.1, 0.15) is 28.8 Å². The Bertz CT molecular complexity index is 896. The Kier molecular flexibility index (Phi) is 3.77. The standard InChI is InChI=1S/C21H20N2O/c1-15-9-10-19-17(13-15)18(21(24)23-11-5-6-12-23)14-20(22-19)16-7-3-2-4-8-16/h2-4,7-10,13-14H,5-6,11-12H2,1H3. The Hall–Kier alpha value is -2.68. The number of likely N-dealkylation sites (tertiary alicyclic amines) is 1. The van der Waals surface area contributed by atoms with Gasteiger partial charge in [-0.25, -0.2) is 4.98 Å². The molecule has 2 heterocycles. The largest absolute Gasteiger partial charge is 0.339 e. The summed E-state index contributed by atoms with van der Waals surface area (Å²) < 4.78 is 0. The van der Waals surface area contributed by atoms with Crippen LogP contribution in [0.5, 0.6) is 0 Å². The van der Waals surface area contributed by atoms with E-state index < -0.39 is 0 Å². The van der Waals surface area contributed by atoms with E-state index in [1.807, 2.05) is 53.4 Å². The van der Waals surface area contributed by atoms with Gasteiger partial charge in [-0.15, -0.1) is 0 Å². The van der Waals surface area contributed by atoms with E-state index in [1.54, 1.807) is 0 Å². The summed E-state index contributed by atoms with van der Waals surface area (Å²) in [5, 5.41) is 0.951. The number of amides is 1. The molecule has 0 saturated carbocycles. The van der Waals surface area contributed by atoms with Crippen molar-refractivity contribution < 1.29 is 4.79 Å². The lowest BCUT2D eigenvalue weighted by molar-refractivity contribution is 0.0794. The van der Waals surface area contributed by atoms with Crippen LogP contribution >= 0.6 is 0 Å². The summed E-state index contributed by atoms with van der Waals surface area (Å²) in [6.07, 6.45) is 2.19. The predicted molar refractivity (Wildman–Crippen MR) is 97.1 cm³/mol. The van der Waals surface area contributed by atoms with Gasteiger partial charge in [0.1, 0.15) is 0 Å². The zero-order valence-electron chi connectivity index (χ0n) is 13.8. The van der Waals surface area contributed by atoms with Crippen LogP contribution in [-0.2, 0) is 0 Å². The first-order chi connectivity index (χ1) is 11.7. The molecule has 120 valence electrons. The number of rotatable bonds is 2. The maximum atomic E-state index is 13.1. The van der Waals surface area contributed by atoms with Crippen molar-refractivity contribution in [3.63, 3.8) is 0 Å². The second-order valence-electron chi connectivity index (χ2n) is 6.44. The SMILES string of the molecule is Cc1ccc2nc(-c3ccccc3)cc(C(=O)N3CCCC3)c2c1. The van der Waals surface area contributed by atoms with Gasteiger partial charge in [0, 0.05) is 24.0 Å². The van der Waals surface area contributed by atoms with E-state index in [4.69, 9.17) is 4.98 Å². The molecule has 0 N–H and O–H groups in total. The molecule has 1 fully saturated rings. The lowest BCUT2D eigenvalue weighted by atomic mass is 10.0. The number of benzene rings is 2. The van der Waals surface area contributed by atoms with Crippen molar-refractivity contribution in [1.29, 1.82) is 0 Å². The summed E-state index contributed by atoms with van der Waals surface area (Å²) in [6.45, 7) is 3.76. The maximum absolute atomic E-state index is 13.1. The first kappa shape index (κ1) is 14.9. The van der Waals surface area contributed by atoms with Gasteiger partial charge in [-0.1, -0.05) is 42.0 Å². The van der Waals surface area contributed by atoms with E-state index in [9.17, 15) is 4.79 Å². The number of hydrogen-bond acceptors (Lipinski definition) is 2. The molecular formula is C21H20N2O. The smallest absolute Gasteiger partial charge is 0.254 e. The minimum Gasteiger partial charge on any atom is -0.339 e. The Balaban J connectivity index is 1.91. The van der Waals surface area contributed by atoms with Crippen LogP contribution in [0.15, 0.2) is 54.6 Å². The van der Waals surface area contributed by atoms with Crippen LogP contribution in [0.3, 0.4) is 0 Å². The zero-order valence-corrected chi connectivity index (χ0v) is 13.8. The fourth-order valence-electron chi connectivity index (χ4n) is 3.36. The molecule has 1 saturated heterocycles. The molecule has 3 aromatic rings. The monoisotopic (exact) mass is 316 g/mol. The molecule has 0 radical (unpaired) electrons. The van der Waals surface area contributed by atoms with Gasteiger partial charge in [-0.3, -0.25) is 4.79 Å². The van der Waals surface area contributed by atoms with Gasteiger partial charge in [0.2, 0.25) is 0 Å². The number of carbonyl (C=O) groups is 1. The minimum atomic E-state index is 0.127. The van der Waals surface area contributed by atoms with Crippen molar-refractivity contribution in [3.05, 3.63) is 65.7 Å². The second-order valence-corrected chi connectivity index (χ2v) is 6.44. The highest BCUT2D eigenvalue weighted by Gasteiger charge is 2.22. The predicted octanol–water partition coefficient (Wildman–Crippen LogP) is 4.45. The molecule has 0 aliphatic carbocycles. The molecule has 3 nitrogen and oxygen atoms in total. The Labute approximate surface area is 141 Å². The van der Waals surface area contributed by atoms with Gasteiger partial charge >= 0.3 is 0 Å². The van der Waals surface area contributed by atoms with Crippen molar-refractivity contribution in [2.45, 2.75) is 19.8 Å². The lowest BCUT2D eigenvalue weighted by Gasteiger charge is -2.17. The fourth-order valence-corrected chi connectivity index (χ4v) is 3.36. The molecule has 1 aromatic heterocycles. The zero-order chi connectivity index (χ0) is 16.5. The van der Waals surface area contributed by atoms with E-state index in [0.29, 0.717) is 0 Å². The lowest BCUT2D eigenvalue weighted by Crippen LogP contribution is -2.27. The van der Waals surface area contributed by atoms with Crippen molar-refractivity contribution in [2.75, 3.05) is 13.1 Å². The van der Waals surface area contributed by atoms with Crippen molar-refractivity contribution in [1.82, 2.24) is 9.88 Å². The number of carbonyl (C=O) groups excluding carboxylic acids is 1. The molecule has 0 spiro atoms. The number of fused-ring (bicyclic) bond motifs is 1. The minimum absolute atomic E-state index is 0.127. The molecule has 1 aliphatic heterocycles. The van der Waals surface area contributed by atoms with E-state index in [1.165, 1.54) is 0 Å². The Morgan fingerprint density at radius 1 is 1.00 bits per heavy atom. The first-order valence-electron chi connectivity index (χ1n) is 8.48. The highest BCUT2D eigenvalue weighted by atomic mass is 16.2. The van der Waals surface area contributed by atoms with Crippen molar-refractivity contribution in [3.8, 4) is 11.3 Å². The van der Waals surface area contributed by atoms with Crippen LogP contribution in [0, 0.1) is 6.92 Å². The molecule has 3 heteroatoms. The molecular weight excluding hydrogens is 296 g/mol. The number of nitrogens with zero attached hydrogens (tertiary/aromatic N) is 2. The summed E-state index contributed by atoms with van der Waals surface area (Å²) in [6, 6.07) is 18.1. The van der Waals surface area contributed by atoms with Crippen LogP contribution in [0.2, 0.25) is 0 Å². The van der Waals surface area contributed by atoms with E-state index in [0.717, 1.165) is 59.2 Å². The van der Waals surface area contributed by atoms with Gasteiger partial charge in [-0.2, -0.15) is 0 Å². The molecule has 2 aromatic carbocycles.